The maximum absolute atomic E-state index is 10.5. The Hall–Kier alpha value is -1.88. The number of quaternary nitrogens is 1. The van der Waals surface area contributed by atoms with Crippen molar-refractivity contribution in [2.75, 3.05) is 26.2 Å². The molecule has 2 N–H and O–H groups in total. The van der Waals surface area contributed by atoms with Gasteiger partial charge in [0.25, 0.3) is 0 Å². The van der Waals surface area contributed by atoms with Crippen LogP contribution in [-0.2, 0) is 0 Å². The van der Waals surface area contributed by atoms with Crippen molar-refractivity contribution in [2.45, 2.75) is 79.1 Å². The van der Waals surface area contributed by atoms with Crippen LogP contribution >= 0.6 is 0 Å². The fourth-order valence-corrected chi connectivity index (χ4v) is 3.50. The van der Waals surface area contributed by atoms with Crippen LogP contribution in [0.25, 0.3) is 0 Å². The fourth-order valence-electron chi connectivity index (χ4n) is 3.50. The van der Waals surface area contributed by atoms with Crippen molar-refractivity contribution in [2.24, 2.45) is 0 Å². The number of carboxylic acids is 2. The molecule has 1 aromatic carbocycles. The van der Waals surface area contributed by atoms with Crippen LogP contribution in [0.3, 0.4) is 0 Å². The SMILES string of the molecule is CCCC[N+](CCCC)(CCCC)CCCC.O=C(O)c1ccccc1C(=O)O. The van der Waals surface area contributed by atoms with Gasteiger partial charge < -0.3 is 14.7 Å². The minimum Gasteiger partial charge on any atom is -0.478 e. The largest absolute Gasteiger partial charge is 0.478 e. The molecule has 0 atom stereocenters. The van der Waals surface area contributed by atoms with Gasteiger partial charge in [-0.2, -0.15) is 0 Å². The highest BCUT2D eigenvalue weighted by Gasteiger charge is 2.24. The van der Waals surface area contributed by atoms with Crippen LogP contribution in [0.2, 0.25) is 0 Å². The monoisotopic (exact) mass is 408 g/mol. The van der Waals surface area contributed by atoms with Crippen LogP contribution in [0.5, 0.6) is 0 Å². The minimum absolute atomic E-state index is 0.190. The first kappa shape index (κ1) is 27.1. The zero-order valence-corrected chi connectivity index (χ0v) is 19.0. The van der Waals surface area contributed by atoms with Crippen LogP contribution in [0, 0.1) is 0 Å². The number of hydrogen-bond donors (Lipinski definition) is 2. The van der Waals surface area contributed by atoms with E-state index in [1.165, 1.54) is 106 Å². The van der Waals surface area contributed by atoms with Crippen LogP contribution in [-0.4, -0.2) is 52.8 Å². The van der Waals surface area contributed by atoms with E-state index in [0.717, 1.165) is 0 Å². The molecule has 1 aromatic rings. The molecule has 0 fully saturated rings. The highest BCUT2D eigenvalue weighted by molar-refractivity contribution is 6.01. The second-order valence-electron chi connectivity index (χ2n) is 7.81. The average molecular weight is 409 g/mol. The molecule has 0 unspecified atom stereocenters. The topological polar surface area (TPSA) is 74.6 Å². The smallest absolute Gasteiger partial charge is 0.336 e. The summed E-state index contributed by atoms with van der Waals surface area (Å²) in [6.45, 7) is 15.0. The van der Waals surface area contributed by atoms with E-state index in [0.29, 0.717) is 0 Å². The van der Waals surface area contributed by atoms with Crippen LogP contribution in [0.15, 0.2) is 24.3 Å². The molecule has 0 spiro atoms. The summed E-state index contributed by atoms with van der Waals surface area (Å²) in [7, 11) is 0. The normalized spacial score (nSPS) is 10.9. The number of aromatic carboxylic acids is 2. The number of carbonyl (C=O) groups is 2. The van der Waals surface area contributed by atoms with E-state index in [1.807, 2.05) is 0 Å². The molecule has 0 saturated heterocycles. The third kappa shape index (κ3) is 11.0. The number of rotatable bonds is 14. The summed E-state index contributed by atoms with van der Waals surface area (Å²) in [4.78, 5) is 20.9. The lowest BCUT2D eigenvalue weighted by atomic mass is 10.1. The quantitative estimate of drug-likeness (QED) is 0.365. The summed E-state index contributed by atoms with van der Waals surface area (Å²) in [5.41, 5.74) is -0.380. The highest BCUT2D eigenvalue weighted by atomic mass is 16.4. The highest BCUT2D eigenvalue weighted by Crippen LogP contribution is 2.16. The van der Waals surface area contributed by atoms with Crippen molar-refractivity contribution in [1.82, 2.24) is 0 Å². The molecule has 5 nitrogen and oxygen atoms in total. The molecule has 166 valence electrons. The lowest BCUT2D eigenvalue weighted by Crippen LogP contribution is -2.50. The van der Waals surface area contributed by atoms with Gasteiger partial charge in [-0.1, -0.05) is 65.5 Å². The van der Waals surface area contributed by atoms with Crippen molar-refractivity contribution < 1.29 is 24.3 Å². The molecule has 0 radical (unpaired) electrons. The van der Waals surface area contributed by atoms with Gasteiger partial charge in [-0.15, -0.1) is 0 Å². The second-order valence-corrected chi connectivity index (χ2v) is 7.81. The van der Waals surface area contributed by atoms with Gasteiger partial charge in [0.1, 0.15) is 0 Å². The average Bonchev–Trinajstić information content (AvgIpc) is 2.73. The Morgan fingerprint density at radius 1 is 0.655 bits per heavy atom. The molecule has 5 heteroatoms. The summed E-state index contributed by atoms with van der Waals surface area (Å²) >= 11 is 0. The predicted molar refractivity (Wildman–Crippen MR) is 120 cm³/mol. The molecule has 0 saturated carbocycles. The second kappa shape index (κ2) is 16.0. The van der Waals surface area contributed by atoms with E-state index < -0.39 is 11.9 Å². The van der Waals surface area contributed by atoms with Crippen molar-refractivity contribution >= 4 is 11.9 Å². The zero-order valence-electron chi connectivity index (χ0n) is 19.0. The molecule has 29 heavy (non-hydrogen) atoms. The summed E-state index contributed by atoms with van der Waals surface area (Å²) < 4.78 is 1.42. The first-order valence-electron chi connectivity index (χ1n) is 11.3. The van der Waals surface area contributed by atoms with E-state index in [9.17, 15) is 9.59 Å². The third-order valence-corrected chi connectivity index (χ3v) is 5.33. The minimum atomic E-state index is -1.23. The van der Waals surface area contributed by atoms with Crippen LogP contribution in [0.1, 0.15) is 99.8 Å². The number of unbranched alkanes of at least 4 members (excludes halogenated alkanes) is 4. The van der Waals surface area contributed by atoms with Gasteiger partial charge >= 0.3 is 11.9 Å². The van der Waals surface area contributed by atoms with Gasteiger partial charge in [-0.05, 0) is 37.8 Å². The molecular weight excluding hydrogens is 366 g/mol. The van der Waals surface area contributed by atoms with Gasteiger partial charge in [0.2, 0.25) is 0 Å². The van der Waals surface area contributed by atoms with Crippen molar-refractivity contribution in [3.63, 3.8) is 0 Å². The van der Waals surface area contributed by atoms with E-state index in [-0.39, 0.29) is 11.1 Å². The van der Waals surface area contributed by atoms with Crippen molar-refractivity contribution in [1.29, 1.82) is 0 Å². The Balaban J connectivity index is 0.000000571. The van der Waals surface area contributed by atoms with E-state index >= 15 is 0 Å². The number of carboxylic acid groups (broad SMARTS) is 2. The Labute approximate surface area is 177 Å². The van der Waals surface area contributed by atoms with Crippen LogP contribution < -0.4 is 0 Å². The van der Waals surface area contributed by atoms with E-state index in [1.54, 1.807) is 0 Å². The van der Waals surface area contributed by atoms with Gasteiger partial charge in [0.05, 0.1) is 37.3 Å². The molecular formula is C24H42NO4+. The number of benzene rings is 1. The first-order chi connectivity index (χ1) is 13.9. The Bertz CT molecular complexity index is 515. The van der Waals surface area contributed by atoms with E-state index in [2.05, 4.69) is 27.7 Å². The molecule has 0 aliphatic heterocycles. The Morgan fingerprint density at radius 2 is 0.931 bits per heavy atom. The lowest BCUT2D eigenvalue weighted by molar-refractivity contribution is -0.929. The molecule has 0 bridgehead atoms. The number of nitrogens with zero attached hydrogens (tertiary/aromatic N) is 1. The summed E-state index contributed by atoms with van der Waals surface area (Å²) in [5.74, 6) is -2.46. The zero-order chi connectivity index (χ0) is 22.1. The Kier molecular flexibility index (Phi) is 14.9. The van der Waals surface area contributed by atoms with Crippen molar-refractivity contribution in [3.8, 4) is 0 Å². The van der Waals surface area contributed by atoms with Gasteiger partial charge in [0.15, 0.2) is 0 Å². The molecule has 0 aromatic heterocycles. The molecule has 0 aliphatic carbocycles. The maximum Gasteiger partial charge on any atom is 0.336 e. The lowest BCUT2D eigenvalue weighted by Gasteiger charge is -2.39. The predicted octanol–water partition coefficient (Wildman–Crippen LogP) is 6.09. The third-order valence-electron chi connectivity index (χ3n) is 5.33. The molecule has 0 aliphatic rings. The first-order valence-corrected chi connectivity index (χ1v) is 11.3. The standard InChI is InChI=1S/C16H36N.C8H6O4/c1-5-9-13-17(14-10-6-2,15-11-7-3)16-12-8-4;9-7(10)5-3-1-2-4-6(5)8(11)12/h5-16H2,1-4H3;1-4H,(H,9,10)(H,11,12)/q+1;. The summed E-state index contributed by atoms with van der Waals surface area (Å²) in [5, 5.41) is 17.1. The summed E-state index contributed by atoms with van der Waals surface area (Å²) in [6, 6.07) is 5.48. The fraction of sp³-hybridized carbons (Fsp3) is 0.667. The molecule has 0 amide bonds. The number of hydrogen-bond acceptors (Lipinski definition) is 2. The van der Waals surface area contributed by atoms with Crippen molar-refractivity contribution in [3.05, 3.63) is 35.4 Å². The van der Waals surface area contributed by atoms with Gasteiger partial charge in [0, 0.05) is 0 Å². The maximum atomic E-state index is 10.5. The Morgan fingerprint density at radius 3 is 1.14 bits per heavy atom. The summed E-state index contributed by atoms with van der Waals surface area (Å²) in [6.07, 6.45) is 11.1. The van der Waals surface area contributed by atoms with E-state index in [4.69, 9.17) is 10.2 Å². The van der Waals surface area contributed by atoms with Gasteiger partial charge in [-0.25, -0.2) is 9.59 Å². The van der Waals surface area contributed by atoms with Gasteiger partial charge in [-0.3, -0.25) is 0 Å². The molecule has 1 rings (SSSR count). The molecule has 0 heterocycles. The van der Waals surface area contributed by atoms with Crippen LogP contribution in [0.4, 0.5) is 0 Å².